The smallest absolute Gasteiger partial charge is 0.0829 e. The summed E-state index contributed by atoms with van der Waals surface area (Å²) < 4.78 is 5.79. The first-order valence-corrected chi connectivity index (χ1v) is 6.26. The molecule has 2 aliphatic rings. The summed E-state index contributed by atoms with van der Waals surface area (Å²) in [6.07, 6.45) is 3.25. The lowest BCUT2D eigenvalue weighted by molar-refractivity contribution is -0.0501. The Balaban J connectivity index is 1.51. The van der Waals surface area contributed by atoms with Gasteiger partial charge in [0.05, 0.1) is 12.7 Å². The Morgan fingerprint density at radius 1 is 1.20 bits per heavy atom. The molecule has 2 rings (SSSR count). The second-order valence-corrected chi connectivity index (χ2v) is 5.24. The number of nitrogens with zero attached hydrogens (tertiary/aromatic N) is 2. The lowest BCUT2D eigenvalue weighted by Crippen LogP contribution is -2.50. The summed E-state index contributed by atoms with van der Waals surface area (Å²) in [5.74, 6) is 0.933. The molecule has 0 saturated carbocycles. The maximum Gasteiger partial charge on any atom is 0.0829 e. The van der Waals surface area contributed by atoms with Crippen molar-refractivity contribution in [1.29, 1.82) is 0 Å². The third-order valence-corrected chi connectivity index (χ3v) is 3.67. The van der Waals surface area contributed by atoms with Crippen molar-refractivity contribution in [1.82, 2.24) is 9.80 Å². The van der Waals surface area contributed by atoms with Gasteiger partial charge in [0.1, 0.15) is 0 Å². The fourth-order valence-electron chi connectivity index (χ4n) is 2.38. The molecule has 2 saturated heterocycles. The monoisotopic (exact) mass is 212 g/mol. The molecule has 0 N–H and O–H groups in total. The number of likely N-dealkylation sites (tertiary alicyclic amines) is 2. The molecule has 2 aliphatic heterocycles. The van der Waals surface area contributed by atoms with E-state index in [9.17, 15) is 0 Å². The van der Waals surface area contributed by atoms with Gasteiger partial charge >= 0.3 is 0 Å². The van der Waals surface area contributed by atoms with E-state index in [0.29, 0.717) is 6.10 Å². The Morgan fingerprint density at radius 2 is 1.87 bits per heavy atom. The van der Waals surface area contributed by atoms with E-state index in [1.807, 2.05) is 0 Å². The molecule has 3 heteroatoms. The minimum absolute atomic E-state index is 0.513. The van der Waals surface area contributed by atoms with Gasteiger partial charge in [-0.15, -0.1) is 0 Å². The van der Waals surface area contributed by atoms with E-state index in [-0.39, 0.29) is 0 Å². The summed E-state index contributed by atoms with van der Waals surface area (Å²) in [5.41, 5.74) is 0. The van der Waals surface area contributed by atoms with Gasteiger partial charge in [-0.2, -0.15) is 0 Å². The predicted molar refractivity (Wildman–Crippen MR) is 62.1 cm³/mol. The van der Waals surface area contributed by atoms with Crippen LogP contribution in [-0.2, 0) is 4.74 Å². The van der Waals surface area contributed by atoms with E-state index in [1.165, 1.54) is 25.9 Å². The average molecular weight is 212 g/mol. The summed E-state index contributed by atoms with van der Waals surface area (Å²) in [6.45, 7) is 9.20. The van der Waals surface area contributed by atoms with Crippen LogP contribution in [0.5, 0.6) is 0 Å². The van der Waals surface area contributed by atoms with Crippen molar-refractivity contribution in [3.63, 3.8) is 0 Å². The molecule has 0 aromatic rings. The second kappa shape index (κ2) is 5.28. The van der Waals surface area contributed by atoms with Crippen LogP contribution in [0.1, 0.15) is 19.8 Å². The highest BCUT2D eigenvalue weighted by molar-refractivity contribution is 4.77. The van der Waals surface area contributed by atoms with Gasteiger partial charge in [0, 0.05) is 19.6 Å². The van der Waals surface area contributed by atoms with Gasteiger partial charge in [-0.3, -0.25) is 0 Å². The van der Waals surface area contributed by atoms with Crippen molar-refractivity contribution in [3.8, 4) is 0 Å². The first kappa shape index (κ1) is 11.4. The average Bonchev–Trinajstić information content (AvgIpc) is 2.18. The predicted octanol–water partition coefficient (Wildman–Crippen LogP) is 1.05. The lowest BCUT2D eigenvalue weighted by Gasteiger charge is -2.37. The molecule has 88 valence electrons. The molecule has 0 aromatic carbocycles. The van der Waals surface area contributed by atoms with Crippen LogP contribution < -0.4 is 0 Å². The summed E-state index contributed by atoms with van der Waals surface area (Å²) in [7, 11) is 2.14. The van der Waals surface area contributed by atoms with Crippen molar-refractivity contribution in [2.75, 3.05) is 46.4 Å². The van der Waals surface area contributed by atoms with E-state index in [0.717, 1.165) is 32.2 Å². The van der Waals surface area contributed by atoms with Crippen LogP contribution in [0.4, 0.5) is 0 Å². The number of hydrogen-bond acceptors (Lipinski definition) is 3. The topological polar surface area (TPSA) is 15.7 Å². The van der Waals surface area contributed by atoms with Crippen LogP contribution in [-0.4, -0.2) is 62.3 Å². The number of likely N-dealkylation sites (N-methyl/N-ethyl adjacent to an activating group) is 1. The van der Waals surface area contributed by atoms with Crippen LogP contribution in [0.25, 0.3) is 0 Å². The molecule has 2 heterocycles. The van der Waals surface area contributed by atoms with Gasteiger partial charge in [0.25, 0.3) is 0 Å². The van der Waals surface area contributed by atoms with Crippen LogP contribution in [0.3, 0.4) is 0 Å². The van der Waals surface area contributed by atoms with Crippen molar-refractivity contribution in [2.24, 2.45) is 5.92 Å². The molecule has 3 nitrogen and oxygen atoms in total. The highest BCUT2D eigenvalue weighted by Crippen LogP contribution is 2.15. The molecule has 2 fully saturated rings. The number of hydrogen-bond donors (Lipinski definition) is 0. The Hall–Kier alpha value is -0.120. The molecule has 0 aliphatic carbocycles. The van der Waals surface area contributed by atoms with Crippen LogP contribution in [0, 0.1) is 5.92 Å². The third kappa shape index (κ3) is 3.44. The minimum atomic E-state index is 0.513. The van der Waals surface area contributed by atoms with E-state index >= 15 is 0 Å². The van der Waals surface area contributed by atoms with Crippen molar-refractivity contribution >= 4 is 0 Å². The van der Waals surface area contributed by atoms with Crippen molar-refractivity contribution < 1.29 is 4.74 Å². The molecule has 15 heavy (non-hydrogen) atoms. The van der Waals surface area contributed by atoms with Gasteiger partial charge in [-0.25, -0.2) is 0 Å². The van der Waals surface area contributed by atoms with Crippen LogP contribution in [0.2, 0.25) is 0 Å². The highest BCUT2D eigenvalue weighted by atomic mass is 16.5. The molecule has 0 spiro atoms. The van der Waals surface area contributed by atoms with E-state index in [4.69, 9.17) is 4.74 Å². The minimum Gasteiger partial charge on any atom is -0.374 e. The van der Waals surface area contributed by atoms with Crippen molar-refractivity contribution in [3.05, 3.63) is 0 Å². The van der Waals surface area contributed by atoms with Gasteiger partial charge in [-0.05, 0) is 38.9 Å². The van der Waals surface area contributed by atoms with Crippen LogP contribution >= 0.6 is 0 Å². The Labute approximate surface area is 93.4 Å². The quantitative estimate of drug-likeness (QED) is 0.693. The zero-order chi connectivity index (χ0) is 10.7. The lowest BCUT2D eigenvalue weighted by atomic mass is 9.99. The largest absolute Gasteiger partial charge is 0.374 e. The van der Waals surface area contributed by atoms with E-state index < -0.39 is 0 Å². The molecule has 0 bridgehead atoms. The number of rotatable bonds is 4. The standard InChI is InChI=1S/C12H24N2O/c1-11-3-5-14(6-4-11)7-8-15-12-9-13(2)10-12/h11-12H,3-10H2,1-2H3. The number of piperidine rings is 1. The zero-order valence-corrected chi connectivity index (χ0v) is 10.1. The highest BCUT2D eigenvalue weighted by Gasteiger charge is 2.23. The zero-order valence-electron chi connectivity index (χ0n) is 10.1. The maximum absolute atomic E-state index is 5.79. The number of ether oxygens (including phenoxy) is 1. The summed E-state index contributed by atoms with van der Waals surface area (Å²) >= 11 is 0. The molecule has 0 unspecified atom stereocenters. The fourth-order valence-corrected chi connectivity index (χ4v) is 2.38. The molecule has 0 radical (unpaired) electrons. The van der Waals surface area contributed by atoms with Crippen LogP contribution in [0.15, 0.2) is 0 Å². The van der Waals surface area contributed by atoms with E-state index in [2.05, 4.69) is 23.8 Å². The normalized spacial score (nSPS) is 26.8. The SMILES string of the molecule is CC1CCN(CCOC2CN(C)C2)CC1. The molecule has 0 atom stereocenters. The summed E-state index contributed by atoms with van der Waals surface area (Å²) in [6, 6.07) is 0. The Kier molecular flexibility index (Phi) is 4.00. The van der Waals surface area contributed by atoms with Gasteiger partial charge in [0.2, 0.25) is 0 Å². The fraction of sp³-hybridized carbons (Fsp3) is 1.00. The van der Waals surface area contributed by atoms with Gasteiger partial charge in [0.15, 0.2) is 0 Å². The summed E-state index contributed by atoms with van der Waals surface area (Å²) in [5, 5.41) is 0. The van der Waals surface area contributed by atoms with E-state index in [1.54, 1.807) is 0 Å². The second-order valence-electron chi connectivity index (χ2n) is 5.24. The molecular formula is C12H24N2O. The van der Waals surface area contributed by atoms with Gasteiger partial charge < -0.3 is 14.5 Å². The molecule has 0 aromatic heterocycles. The van der Waals surface area contributed by atoms with Crippen molar-refractivity contribution in [2.45, 2.75) is 25.9 Å². The third-order valence-electron chi connectivity index (χ3n) is 3.67. The maximum atomic E-state index is 5.79. The summed E-state index contributed by atoms with van der Waals surface area (Å²) in [4.78, 5) is 4.84. The van der Waals surface area contributed by atoms with Gasteiger partial charge in [-0.1, -0.05) is 6.92 Å². The Bertz CT molecular complexity index is 184. The first-order chi connectivity index (χ1) is 7.24. The first-order valence-electron chi connectivity index (χ1n) is 6.26. The Morgan fingerprint density at radius 3 is 2.47 bits per heavy atom. The molecule has 0 amide bonds. The molecular weight excluding hydrogens is 188 g/mol.